The maximum Gasteiger partial charge on any atom is 0.139 e. The molecule has 0 radical (unpaired) electrons. The van der Waals surface area contributed by atoms with Crippen molar-refractivity contribution in [2.75, 3.05) is 7.05 Å². The first-order valence-electron chi connectivity index (χ1n) is 5.71. The second-order valence-electron chi connectivity index (χ2n) is 4.13. The molecule has 2 heteroatoms. The summed E-state index contributed by atoms with van der Waals surface area (Å²) >= 11 is 0. The molecular weight excluding hydrogens is 198 g/mol. The molecule has 2 rings (SSSR count). The number of aliphatic hydroxyl groups excluding tert-OH is 1. The Kier molecular flexibility index (Phi) is 3.40. The lowest BCUT2D eigenvalue weighted by molar-refractivity contribution is 0.441. The zero-order valence-electron chi connectivity index (χ0n) is 9.56. The standard InChI is InChI=1S/C14H17NO/c1-15-13(14(16)12-8-9-12)10-7-11-5-3-2-4-6-11/h2-5,7,10-11,16H,6,8-9H2,1H3/b10-7-,15-13?. The molecule has 2 aliphatic carbocycles. The first-order chi connectivity index (χ1) is 7.81. The summed E-state index contributed by atoms with van der Waals surface area (Å²) in [6, 6.07) is 0. The van der Waals surface area contributed by atoms with Crippen LogP contribution in [0.25, 0.3) is 0 Å². The molecule has 84 valence electrons. The highest BCUT2D eigenvalue weighted by Gasteiger charge is 2.19. The van der Waals surface area contributed by atoms with Crippen molar-refractivity contribution in [2.45, 2.75) is 19.3 Å². The first kappa shape index (κ1) is 10.9. The number of hydrogen-bond donors (Lipinski definition) is 1. The van der Waals surface area contributed by atoms with Crippen LogP contribution in [0.4, 0.5) is 0 Å². The Morgan fingerprint density at radius 1 is 1.44 bits per heavy atom. The van der Waals surface area contributed by atoms with Gasteiger partial charge in [0, 0.05) is 7.05 Å². The third-order valence-corrected chi connectivity index (χ3v) is 2.83. The fourth-order valence-electron chi connectivity index (χ4n) is 1.70. The second kappa shape index (κ2) is 4.97. The summed E-state index contributed by atoms with van der Waals surface area (Å²) in [7, 11) is 1.72. The quantitative estimate of drug-likeness (QED) is 0.568. The third kappa shape index (κ3) is 2.72. The Morgan fingerprint density at radius 3 is 2.81 bits per heavy atom. The average molecular weight is 215 g/mol. The highest BCUT2D eigenvalue weighted by Crippen LogP contribution is 2.31. The van der Waals surface area contributed by atoms with Crippen LogP contribution in [0.2, 0.25) is 0 Å². The normalized spacial score (nSPS) is 24.2. The molecule has 0 aromatic heterocycles. The molecule has 1 saturated carbocycles. The number of aliphatic hydroxyl groups is 1. The molecule has 1 fully saturated rings. The van der Waals surface area contributed by atoms with E-state index >= 15 is 0 Å². The van der Waals surface area contributed by atoms with Gasteiger partial charge < -0.3 is 5.11 Å². The first-order valence-corrected chi connectivity index (χ1v) is 5.71. The van der Waals surface area contributed by atoms with E-state index in [0.717, 1.165) is 24.8 Å². The summed E-state index contributed by atoms with van der Waals surface area (Å²) in [4.78, 5) is 4.11. The molecule has 0 bridgehead atoms. The summed E-state index contributed by atoms with van der Waals surface area (Å²) in [6.45, 7) is 0. The van der Waals surface area contributed by atoms with Crippen molar-refractivity contribution in [3.8, 4) is 0 Å². The van der Waals surface area contributed by atoms with Crippen LogP contribution in [-0.2, 0) is 0 Å². The van der Waals surface area contributed by atoms with Crippen LogP contribution in [-0.4, -0.2) is 17.9 Å². The molecule has 0 saturated heterocycles. The van der Waals surface area contributed by atoms with E-state index in [1.807, 2.05) is 6.08 Å². The van der Waals surface area contributed by atoms with E-state index in [4.69, 9.17) is 0 Å². The molecule has 1 atom stereocenters. The predicted octanol–water partition coefficient (Wildman–Crippen LogP) is 3.35. The lowest BCUT2D eigenvalue weighted by Gasteiger charge is -2.07. The number of nitrogens with zero attached hydrogens (tertiary/aromatic N) is 1. The van der Waals surface area contributed by atoms with Crippen LogP contribution in [0.5, 0.6) is 0 Å². The van der Waals surface area contributed by atoms with E-state index in [9.17, 15) is 5.11 Å². The molecule has 0 aliphatic heterocycles. The number of hydrogen-bond acceptors (Lipinski definition) is 2. The molecule has 0 heterocycles. The topological polar surface area (TPSA) is 32.6 Å². The van der Waals surface area contributed by atoms with Crippen molar-refractivity contribution < 1.29 is 5.11 Å². The third-order valence-electron chi connectivity index (χ3n) is 2.83. The van der Waals surface area contributed by atoms with Gasteiger partial charge >= 0.3 is 0 Å². The summed E-state index contributed by atoms with van der Waals surface area (Å²) in [5.41, 5.74) is 1.83. The van der Waals surface area contributed by atoms with E-state index in [1.54, 1.807) is 7.05 Å². The fraction of sp³-hybridized carbons (Fsp3) is 0.357. The maximum atomic E-state index is 9.84. The van der Waals surface area contributed by atoms with E-state index in [1.165, 1.54) is 0 Å². The Bertz CT molecular complexity index is 404. The van der Waals surface area contributed by atoms with Crippen LogP contribution in [0.3, 0.4) is 0 Å². The summed E-state index contributed by atoms with van der Waals surface area (Å²) in [6.07, 6.45) is 15.5. The lowest BCUT2D eigenvalue weighted by Crippen LogP contribution is -2.00. The molecule has 0 aromatic carbocycles. The monoisotopic (exact) mass is 215 g/mol. The van der Waals surface area contributed by atoms with Crippen LogP contribution in [0.15, 0.2) is 52.8 Å². The van der Waals surface area contributed by atoms with E-state index in [2.05, 4.69) is 35.4 Å². The molecule has 0 aromatic rings. The van der Waals surface area contributed by atoms with Gasteiger partial charge in [-0.25, -0.2) is 0 Å². The van der Waals surface area contributed by atoms with Gasteiger partial charge in [0.15, 0.2) is 0 Å². The fourth-order valence-corrected chi connectivity index (χ4v) is 1.70. The van der Waals surface area contributed by atoms with Crippen LogP contribution in [0.1, 0.15) is 19.3 Å². The minimum Gasteiger partial charge on any atom is -0.506 e. The minimum atomic E-state index is 0.383. The zero-order valence-corrected chi connectivity index (χ0v) is 9.56. The molecule has 0 spiro atoms. The van der Waals surface area contributed by atoms with E-state index < -0.39 is 0 Å². The lowest BCUT2D eigenvalue weighted by atomic mass is 10.00. The van der Waals surface area contributed by atoms with Gasteiger partial charge in [0.05, 0.1) is 5.71 Å². The number of aliphatic imine (C=N–C) groups is 1. The average Bonchev–Trinajstić information content (AvgIpc) is 3.15. The van der Waals surface area contributed by atoms with Crippen molar-refractivity contribution in [2.24, 2.45) is 10.9 Å². The molecule has 16 heavy (non-hydrogen) atoms. The highest BCUT2D eigenvalue weighted by molar-refractivity contribution is 6.07. The minimum absolute atomic E-state index is 0.383. The van der Waals surface area contributed by atoms with Gasteiger partial charge in [-0.1, -0.05) is 30.4 Å². The summed E-state index contributed by atoms with van der Waals surface area (Å²) < 4.78 is 0. The second-order valence-corrected chi connectivity index (χ2v) is 4.13. The van der Waals surface area contributed by atoms with E-state index in [-0.39, 0.29) is 0 Å². The number of rotatable bonds is 3. The van der Waals surface area contributed by atoms with Crippen LogP contribution >= 0.6 is 0 Å². The smallest absolute Gasteiger partial charge is 0.139 e. The molecule has 2 nitrogen and oxygen atoms in total. The molecule has 1 N–H and O–H groups in total. The van der Waals surface area contributed by atoms with Gasteiger partial charge in [-0.05, 0) is 36.8 Å². The van der Waals surface area contributed by atoms with Crippen molar-refractivity contribution in [1.29, 1.82) is 0 Å². The van der Waals surface area contributed by atoms with Crippen molar-refractivity contribution in [1.82, 2.24) is 0 Å². The Balaban J connectivity index is 2.02. The van der Waals surface area contributed by atoms with Gasteiger partial charge in [-0.2, -0.15) is 0 Å². The number of allylic oxidation sites excluding steroid dienone is 7. The zero-order chi connectivity index (χ0) is 11.4. The predicted molar refractivity (Wildman–Crippen MR) is 67.8 cm³/mol. The van der Waals surface area contributed by atoms with Crippen molar-refractivity contribution in [3.05, 3.63) is 47.8 Å². The molecule has 1 unspecified atom stereocenters. The molecule has 0 amide bonds. The Morgan fingerprint density at radius 2 is 2.25 bits per heavy atom. The van der Waals surface area contributed by atoms with Crippen molar-refractivity contribution in [3.63, 3.8) is 0 Å². The van der Waals surface area contributed by atoms with Crippen LogP contribution < -0.4 is 0 Å². The SMILES string of the molecule is CN=C(/C=C\C1C=CC=CC1)C(O)=C1CC1. The Hall–Kier alpha value is -1.57. The van der Waals surface area contributed by atoms with E-state index in [0.29, 0.717) is 17.4 Å². The molecular formula is C14H17NO. The van der Waals surface area contributed by atoms with Gasteiger partial charge in [0.1, 0.15) is 5.76 Å². The molecule has 2 aliphatic rings. The largest absolute Gasteiger partial charge is 0.506 e. The van der Waals surface area contributed by atoms with Gasteiger partial charge in [-0.3, -0.25) is 4.99 Å². The summed E-state index contributed by atoms with van der Waals surface area (Å²) in [5.74, 6) is 0.813. The highest BCUT2D eigenvalue weighted by atomic mass is 16.3. The van der Waals surface area contributed by atoms with Gasteiger partial charge in [0.2, 0.25) is 0 Å². The van der Waals surface area contributed by atoms with Gasteiger partial charge in [-0.15, -0.1) is 0 Å². The maximum absolute atomic E-state index is 9.84. The van der Waals surface area contributed by atoms with Crippen molar-refractivity contribution >= 4 is 5.71 Å². The Labute approximate surface area is 96.4 Å². The van der Waals surface area contributed by atoms with Gasteiger partial charge in [0.25, 0.3) is 0 Å². The summed E-state index contributed by atoms with van der Waals surface area (Å²) in [5, 5.41) is 9.84. The van der Waals surface area contributed by atoms with Crippen LogP contribution in [0, 0.1) is 5.92 Å².